The number of ether oxygens (including phenoxy) is 1. The van der Waals surface area contributed by atoms with E-state index in [9.17, 15) is 4.79 Å². The fourth-order valence-electron chi connectivity index (χ4n) is 0.471. The van der Waals surface area contributed by atoms with Gasteiger partial charge in [0.1, 0.15) is 6.61 Å². The number of nitrogens with zero attached hydrogens (tertiary/aromatic N) is 1. The van der Waals surface area contributed by atoms with E-state index in [2.05, 4.69) is 4.74 Å². The summed E-state index contributed by atoms with van der Waals surface area (Å²) in [6.07, 6.45) is -0.208. The van der Waals surface area contributed by atoms with Gasteiger partial charge in [-0.1, -0.05) is 0 Å². The maximum absolute atomic E-state index is 10.3. The summed E-state index contributed by atoms with van der Waals surface area (Å²) in [6.45, 7) is 1.29. The molecule has 0 saturated carbocycles. The minimum absolute atomic E-state index is 0.208. The molecule has 0 aromatic carbocycles. The zero-order chi connectivity index (χ0) is 5.28. The molecule has 7 heavy (non-hydrogen) atoms. The number of rotatable bonds is 0. The van der Waals surface area contributed by atoms with E-state index in [0.29, 0.717) is 6.61 Å². The smallest absolute Gasteiger partial charge is 0.409 e. The van der Waals surface area contributed by atoms with E-state index >= 15 is 0 Å². The minimum atomic E-state index is -0.208. The molecule has 3 heteroatoms. The second-order valence-electron chi connectivity index (χ2n) is 1.54. The Balaban J connectivity index is 2.48. The number of hydrogen-bond donors (Lipinski definition) is 0. The van der Waals surface area contributed by atoms with Gasteiger partial charge in [0, 0.05) is 7.05 Å². The van der Waals surface area contributed by atoms with Crippen LogP contribution in [0.3, 0.4) is 0 Å². The third kappa shape index (κ3) is 0.656. The van der Waals surface area contributed by atoms with Gasteiger partial charge in [0.25, 0.3) is 0 Å². The molecule has 0 unspecified atom stereocenters. The third-order valence-electron chi connectivity index (χ3n) is 0.964. The summed E-state index contributed by atoms with van der Waals surface area (Å²) in [7, 11) is 1.72. The maximum Gasteiger partial charge on any atom is 0.409 e. The Morgan fingerprint density at radius 2 is 2.57 bits per heavy atom. The van der Waals surface area contributed by atoms with Crippen LogP contribution in [-0.4, -0.2) is 31.2 Å². The predicted molar refractivity (Wildman–Crippen MR) is 24.0 cm³/mol. The number of carbonyl (C=O) groups is 1. The van der Waals surface area contributed by atoms with E-state index in [1.165, 1.54) is 0 Å². The number of cyclic esters (lactones) is 1. The Morgan fingerprint density at radius 3 is 2.71 bits per heavy atom. The molecule has 0 spiro atoms. The fourth-order valence-corrected chi connectivity index (χ4v) is 0.471. The van der Waals surface area contributed by atoms with Gasteiger partial charge < -0.3 is 9.64 Å². The Hall–Kier alpha value is -0.730. The number of likely N-dealkylation sites (N-methyl/N-ethyl adjacent to an activating group) is 1. The van der Waals surface area contributed by atoms with Gasteiger partial charge in [-0.25, -0.2) is 4.79 Å². The Morgan fingerprint density at radius 1 is 1.86 bits per heavy atom. The van der Waals surface area contributed by atoms with E-state index in [-0.39, 0.29) is 6.09 Å². The first kappa shape index (κ1) is 4.43. The normalized spacial score (nSPS) is 20.1. The van der Waals surface area contributed by atoms with Crippen molar-refractivity contribution in [1.29, 1.82) is 0 Å². The van der Waals surface area contributed by atoms with Crippen molar-refractivity contribution in [3.05, 3.63) is 0 Å². The number of hydrogen-bond acceptors (Lipinski definition) is 2. The van der Waals surface area contributed by atoms with Crippen molar-refractivity contribution in [3.8, 4) is 0 Å². The molecule has 0 aromatic heterocycles. The molecule has 1 amide bonds. The summed E-state index contributed by atoms with van der Waals surface area (Å²) >= 11 is 0. The summed E-state index contributed by atoms with van der Waals surface area (Å²) in [5.41, 5.74) is 0. The van der Waals surface area contributed by atoms with Crippen LogP contribution in [0, 0.1) is 0 Å². The van der Waals surface area contributed by atoms with E-state index in [1.807, 2.05) is 0 Å². The monoisotopic (exact) mass is 101 g/mol. The second kappa shape index (κ2) is 1.40. The van der Waals surface area contributed by atoms with Gasteiger partial charge in [0.15, 0.2) is 0 Å². The van der Waals surface area contributed by atoms with Crippen LogP contribution in [0.4, 0.5) is 4.79 Å². The molecule has 0 radical (unpaired) electrons. The topological polar surface area (TPSA) is 29.5 Å². The minimum Gasteiger partial charge on any atom is -0.448 e. The third-order valence-corrected chi connectivity index (χ3v) is 0.964. The first-order valence-corrected chi connectivity index (χ1v) is 2.18. The Bertz CT molecular complexity index is 91.7. The van der Waals surface area contributed by atoms with Crippen molar-refractivity contribution in [1.82, 2.24) is 4.90 Å². The summed E-state index contributed by atoms with van der Waals surface area (Å²) < 4.78 is 4.55. The van der Waals surface area contributed by atoms with Crippen LogP contribution in [0.15, 0.2) is 0 Å². The van der Waals surface area contributed by atoms with Crippen LogP contribution in [-0.2, 0) is 4.74 Å². The molecule has 3 nitrogen and oxygen atoms in total. The molecule has 0 aliphatic carbocycles. The molecule has 1 aliphatic rings. The quantitative estimate of drug-likeness (QED) is 0.432. The molecule has 1 saturated heterocycles. The highest BCUT2D eigenvalue weighted by Crippen LogP contribution is 1.96. The lowest BCUT2D eigenvalue weighted by Crippen LogP contribution is -2.17. The molecule has 1 fully saturated rings. The van der Waals surface area contributed by atoms with Crippen molar-refractivity contribution >= 4 is 6.09 Å². The highest BCUT2D eigenvalue weighted by Gasteiger charge is 2.15. The van der Waals surface area contributed by atoms with Crippen molar-refractivity contribution in [2.75, 3.05) is 20.2 Å². The van der Waals surface area contributed by atoms with Gasteiger partial charge in [-0.2, -0.15) is 0 Å². The molecular formula is C4H7NO2. The zero-order valence-electron chi connectivity index (χ0n) is 4.18. The van der Waals surface area contributed by atoms with E-state index in [4.69, 9.17) is 0 Å². The van der Waals surface area contributed by atoms with Gasteiger partial charge in [0.05, 0.1) is 6.54 Å². The van der Waals surface area contributed by atoms with Crippen LogP contribution in [0.2, 0.25) is 0 Å². The molecular weight excluding hydrogens is 94.0 g/mol. The summed E-state index contributed by atoms with van der Waals surface area (Å²) in [4.78, 5) is 11.8. The SMILES string of the molecule is CN1CCOC1=O. The molecule has 1 heterocycles. The maximum atomic E-state index is 10.3. The molecule has 0 N–H and O–H groups in total. The second-order valence-corrected chi connectivity index (χ2v) is 1.54. The van der Waals surface area contributed by atoms with Crippen molar-refractivity contribution < 1.29 is 9.53 Å². The lowest BCUT2D eigenvalue weighted by molar-refractivity contribution is 0.163. The van der Waals surface area contributed by atoms with Gasteiger partial charge >= 0.3 is 6.09 Å². The van der Waals surface area contributed by atoms with Gasteiger partial charge in [-0.15, -0.1) is 0 Å². The largest absolute Gasteiger partial charge is 0.448 e. The van der Waals surface area contributed by atoms with Crippen molar-refractivity contribution in [3.63, 3.8) is 0 Å². The summed E-state index contributed by atoms with van der Waals surface area (Å²) in [5, 5.41) is 0. The van der Waals surface area contributed by atoms with E-state index < -0.39 is 0 Å². The van der Waals surface area contributed by atoms with Crippen LogP contribution in [0.1, 0.15) is 0 Å². The van der Waals surface area contributed by atoms with E-state index in [1.54, 1.807) is 11.9 Å². The number of amides is 1. The zero-order valence-corrected chi connectivity index (χ0v) is 4.18. The standard InChI is InChI=1S/C4H7NO2/c1-5-2-3-7-4(5)6/h2-3H2,1H3. The van der Waals surface area contributed by atoms with Crippen LogP contribution in [0.5, 0.6) is 0 Å². The Labute approximate surface area is 41.9 Å². The highest BCUT2D eigenvalue weighted by atomic mass is 16.6. The molecule has 0 atom stereocenters. The molecule has 0 bridgehead atoms. The van der Waals surface area contributed by atoms with Crippen LogP contribution >= 0.6 is 0 Å². The van der Waals surface area contributed by atoms with Crippen LogP contribution < -0.4 is 0 Å². The van der Waals surface area contributed by atoms with E-state index in [0.717, 1.165) is 6.54 Å². The highest BCUT2D eigenvalue weighted by molar-refractivity contribution is 5.68. The predicted octanol–water partition coefficient (Wildman–Crippen LogP) is 0.0684. The average Bonchev–Trinajstić information content (AvgIpc) is 1.91. The number of carbonyl (C=O) groups excluding carboxylic acids is 1. The first-order valence-electron chi connectivity index (χ1n) is 2.18. The molecule has 1 aliphatic heterocycles. The van der Waals surface area contributed by atoms with Crippen molar-refractivity contribution in [2.45, 2.75) is 0 Å². The van der Waals surface area contributed by atoms with Crippen LogP contribution in [0.25, 0.3) is 0 Å². The first-order chi connectivity index (χ1) is 3.30. The lowest BCUT2D eigenvalue weighted by Gasteiger charge is -1.98. The van der Waals surface area contributed by atoms with Crippen molar-refractivity contribution in [2.24, 2.45) is 0 Å². The summed E-state index contributed by atoms with van der Waals surface area (Å²) in [6, 6.07) is 0. The molecule has 40 valence electrons. The lowest BCUT2D eigenvalue weighted by atomic mass is 10.7. The fraction of sp³-hybridized carbons (Fsp3) is 0.750. The summed E-state index contributed by atoms with van der Waals surface area (Å²) in [5.74, 6) is 0. The molecule has 0 aromatic rings. The molecule has 1 rings (SSSR count). The average molecular weight is 101 g/mol. The van der Waals surface area contributed by atoms with Gasteiger partial charge in [0.2, 0.25) is 0 Å². The van der Waals surface area contributed by atoms with Gasteiger partial charge in [-0.05, 0) is 0 Å². The van der Waals surface area contributed by atoms with Gasteiger partial charge in [-0.3, -0.25) is 0 Å². The Kier molecular flexibility index (Phi) is 0.889.